The number of rotatable bonds is 16. The molecule has 0 radical (unpaired) electrons. The van der Waals surface area contributed by atoms with Gasteiger partial charge in [-0.05, 0) is 88.3 Å². The van der Waals surface area contributed by atoms with Gasteiger partial charge < -0.3 is 23.8 Å². The van der Waals surface area contributed by atoms with E-state index in [9.17, 15) is 24.0 Å². The summed E-state index contributed by atoms with van der Waals surface area (Å²) in [5.41, 5.74) is -0.645. The number of hydrogen-bond donors (Lipinski definition) is 0. The number of carbonyl (C=O) groups excluding carboxylic acids is 5. The maximum absolute atomic E-state index is 15.2. The van der Waals surface area contributed by atoms with Crippen molar-refractivity contribution in [1.82, 2.24) is 9.80 Å². The van der Waals surface area contributed by atoms with Crippen LogP contribution in [0.25, 0.3) is 0 Å². The van der Waals surface area contributed by atoms with E-state index in [1.165, 1.54) is 39.8 Å². The van der Waals surface area contributed by atoms with E-state index in [1.807, 2.05) is 63.2 Å². The Morgan fingerprint density at radius 2 is 1.21 bits per heavy atom. The first-order valence-corrected chi connectivity index (χ1v) is 19.2. The number of ether oxygens (including phenoxy) is 4. The fourth-order valence-electron chi connectivity index (χ4n) is 5.71. The van der Waals surface area contributed by atoms with E-state index in [1.54, 1.807) is 32.9 Å². The van der Waals surface area contributed by atoms with Crippen LogP contribution in [0, 0.1) is 5.41 Å². The third-order valence-corrected chi connectivity index (χ3v) is 8.89. The molecular weight excluding hydrogens is 719 g/mol. The maximum Gasteiger partial charge on any atom is 0.410 e. The van der Waals surface area contributed by atoms with Crippen molar-refractivity contribution in [3.63, 3.8) is 0 Å². The van der Waals surface area contributed by atoms with Crippen LogP contribution in [0.5, 0.6) is 0 Å². The zero-order chi connectivity index (χ0) is 42.8. The van der Waals surface area contributed by atoms with Gasteiger partial charge in [0.05, 0.1) is 0 Å². The summed E-state index contributed by atoms with van der Waals surface area (Å²) in [5.74, 6) is -3.33. The largest absolute Gasteiger partial charge is 0.458 e. The molecule has 2 aromatic carbocycles. The van der Waals surface area contributed by atoms with Crippen molar-refractivity contribution < 1.29 is 47.3 Å². The Bertz CT molecular complexity index is 1620. The van der Waals surface area contributed by atoms with Crippen molar-refractivity contribution in [3.05, 3.63) is 71.3 Å². The fourth-order valence-corrected chi connectivity index (χ4v) is 5.71. The predicted molar refractivity (Wildman–Crippen MR) is 213 cm³/mol. The summed E-state index contributed by atoms with van der Waals surface area (Å²) in [7, 11) is 2.72. The molecule has 0 aliphatic heterocycles. The molecule has 0 spiro atoms. The normalized spacial score (nSPS) is 14.4. The molecule has 2 aromatic rings. The molecule has 0 heterocycles. The first-order valence-electron chi connectivity index (χ1n) is 19.2. The van der Waals surface area contributed by atoms with E-state index >= 15 is 4.39 Å². The fraction of sp³-hybridized carbons (Fsp3) is 0.614. The Balaban J connectivity index is 2.46. The summed E-state index contributed by atoms with van der Waals surface area (Å²) in [6.45, 7) is 20.9. The molecule has 312 valence electrons. The van der Waals surface area contributed by atoms with E-state index in [2.05, 4.69) is 20.8 Å². The minimum absolute atomic E-state index is 0.00513. The smallest absolute Gasteiger partial charge is 0.410 e. The average molecular weight is 785 g/mol. The zero-order valence-electron chi connectivity index (χ0n) is 36.0. The molecule has 0 saturated carbocycles. The Labute approximate surface area is 333 Å². The summed E-state index contributed by atoms with van der Waals surface area (Å²) in [4.78, 5) is 70.3. The van der Waals surface area contributed by atoms with Gasteiger partial charge in [0.25, 0.3) is 5.91 Å². The van der Waals surface area contributed by atoms with Crippen LogP contribution in [-0.4, -0.2) is 89.4 Å². The molecule has 12 heteroatoms. The lowest BCUT2D eigenvalue weighted by Crippen LogP contribution is -2.52. The van der Waals surface area contributed by atoms with Crippen LogP contribution in [0.4, 0.5) is 9.18 Å². The predicted octanol–water partition coefficient (Wildman–Crippen LogP) is 8.14. The highest BCUT2D eigenvalue weighted by Crippen LogP contribution is 2.28. The number of alkyl halides is 1. The lowest BCUT2D eigenvalue weighted by molar-refractivity contribution is -0.175. The zero-order valence-corrected chi connectivity index (χ0v) is 36.0. The molecule has 0 aromatic heterocycles. The van der Waals surface area contributed by atoms with Crippen molar-refractivity contribution in [2.24, 2.45) is 5.41 Å². The van der Waals surface area contributed by atoms with Gasteiger partial charge in [-0.25, -0.2) is 23.6 Å². The van der Waals surface area contributed by atoms with Gasteiger partial charge in [0.15, 0.2) is 12.2 Å². The third-order valence-electron chi connectivity index (χ3n) is 8.89. The van der Waals surface area contributed by atoms with Crippen LogP contribution in [-0.2, 0) is 56.6 Å². The van der Waals surface area contributed by atoms with Crippen molar-refractivity contribution in [3.8, 4) is 0 Å². The summed E-state index contributed by atoms with van der Waals surface area (Å²) < 4.78 is 37.5. The van der Waals surface area contributed by atoms with Gasteiger partial charge in [-0.1, -0.05) is 96.1 Å². The van der Waals surface area contributed by atoms with Gasteiger partial charge in [-0.15, -0.1) is 0 Å². The molecule has 0 bridgehead atoms. The molecule has 0 fully saturated rings. The topological polar surface area (TPSA) is 129 Å². The van der Waals surface area contributed by atoms with E-state index in [-0.39, 0.29) is 24.9 Å². The van der Waals surface area contributed by atoms with Crippen molar-refractivity contribution in [2.45, 2.75) is 156 Å². The monoisotopic (exact) mass is 784 g/mol. The first-order chi connectivity index (χ1) is 25.6. The van der Waals surface area contributed by atoms with Crippen LogP contribution >= 0.6 is 0 Å². The Morgan fingerprint density at radius 3 is 1.71 bits per heavy atom. The van der Waals surface area contributed by atoms with Gasteiger partial charge in [-0.2, -0.15) is 0 Å². The number of aryl methyl sites for hydroxylation is 1. The minimum Gasteiger partial charge on any atom is -0.458 e. The van der Waals surface area contributed by atoms with E-state index in [0.717, 1.165) is 21.6 Å². The lowest BCUT2D eigenvalue weighted by atomic mass is 9.86. The number of halogens is 1. The standard InChI is InChI=1S/C44H65FN2O9/c1-29(37(49)53-28-31-18-16-15-17-19-31)54-38(50)33(26-41(2,3)4)46(13)36(48)35(25-22-30-20-23-32(24-21-30)42(5,6)7)55-39(51)34(27-44(11,12)45)47(14)40(52)56-43(8,9)10/h15-21,23-24,29,33-35H,22,25-28H2,1-14H3/t29-,33+,34+,35-/m1/s1. The van der Waals surface area contributed by atoms with Crippen LogP contribution in [0.15, 0.2) is 54.6 Å². The van der Waals surface area contributed by atoms with Gasteiger partial charge in [0, 0.05) is 20.5 Å². The number of esters is 3. The minimum atomic E-state index is -1.91. The average Bonchev–Trinajstić information content (AvgIpc) is 3.07. The summed E-state index contributed by atoms with van der Waals surface area (Å²) in [6, 6.07) is 14.3. The second-order valence-electron chi connectivity index (χ2n) is 18.3. The van der Waals surface area contributed by atoms with Crippen molar-refractivity contribution in [1.29, 1.82) is 0 Å². The highest BCUT2D eigenvalue weighted by molar-refractivity contribution is 5.90. The Kier molecular flexibility index (Phi) is 16.7. The molecule has 0 N–H and O–H groups in total. The number of benzene rings is 2. The van der Waals surface area contributed by atoms with E-state index in [4.69, 9.17) is 18.9 Å². The number of carbonyl (C=O) groups is 5. The second-order valence-corrected chi connectivity index (χ2v) is 18.3. The number of likely N-dealkylation sites (N-methyl/N-ethyl adjacent to an activating group) is 2. The second kappa shape index (κ2) is 19.6. The van der Waals surface area contributed by atoms with Gasteiger partial charge in [0.2, 0.25) is 0 Å². The molecule has 0 unspecified atom stereocenters. The quantitative estimate of drug-likeness (QED) is 0.122. The maximum atomic E-state index is 15.2. The number of nitrogens with zero attached hydrogens (tertiary/aromatic N) is 2. The summed E-state index contributed by atoms with van der Waals surface area (Å²) >= 11 is 0. The lowest BCUT2D eigenvalue weighted by Gasteiger charge is -2.35. The van der Waals surface area contributed by atoms with Gasteiger partial charge >= 0.3 is 24.0 Å². The molecule has 0 aliphatic carbocycles. The number of hydrogen-bond acceptors (Lipinski definition) is 9. The van der Waals surface area contributed by atoms with Crippen molar-refractivity contribution >= 4 is 29.9 Å². The van der Waals surface area contributed by atoms with Gasteiger partial charge in [-0.3, -0.25) is 9.69 Å². The molecular formula is C44H65FN2O9. The Hall–Kier alpha value is -4.48. The molecule has 2 rings (SSSR count). The summed E-state index contributed by atoms with van der Waals surface area (Å²) in [6.07, 6.45) is -3.59. The SMILES string of the molecule is C[C@@H](OC(=O)[C@H](CC(C)(C)C)N(C)C(=O)[C@@H](CCc1ccc(C(C)(C)C)cc1)OC(=O)[C@H](CC(C)(C)F)N(C)C(=O)OC(C)(C)C)C(=O)OCc1ccccc1. The molecule has 11 nitrogen and oxygen atoms in total. The van der Waals surface area contributed by atoms with Crippen molar-refractivity contribution in [2.75, 3.05) is 14.1 Å². The highest BCUT2D eigenvalue weighted by atomic mass is 19.1. The third kappa shape index (κ3) is 16.3. The molecule has 56 heavy (non-hydrogen) atoms. The molecule has 0 saturated heterocycles. The van der Waals surface area contributed by atoms with Gasteiger partial charge in [0.1, 0.15) is 30.0 Å². The number of amides is 2. The molecule has 0 aliphatic rings. The van der Waals surface area contributed by atoms with Crippen LogP contribution in [0.1, 0.15) is 119 Å². The summed E-state index contributed by atoms with van der Waals surface area (Å²) in [5, 5.41) is 0. The highest BCUT2D eigenvalue weighted by Gasteiger charge is 2.41. The van der Waals surface area contributed by atoms with Crippen LogP contribution in [0.3, 0.4) is 0 Å². The molecule has 4 atom stereocenters. The van der Waals surface area contributed by atoms with E-state index < -0.39 is 77.3 Å². The van der Waals surface area contributed by atoms with Crippen LogP contribution in [0.2, 0.25) is 0 Å². The molecule has 2 amide bonds. The van der Waals surface area contributed by atoms with Crippen LogP contribution < -0.4 is 0 Å². The van der Waals surface area contributed by atoms with E-state index in [0.29, 0.717) is 6.42 Å². The Morgan fingerprint density at radius 1 is 0.679 bits per heavy atom. The first kappa shape index (κ1) is 47.7.